The molecule has 1 aliphatic carbocycles. The summed E-state index contributed by atoms with van der Waals surface area (Å²) in [6.07, 6.45) is 8.03. The highest BCUT2D eigenvalue weighted by molar-refractivity contribution is 7.99. The van der Waals surface area contributed by atoms with Gasteiger partial charge in [0.15, 0.2) is 4.96 Å². The average molecular weight is 429 g/mol. The summed E-state index contributed by atoms with van der Waals surface area (Å²) in [5, 5.41) is 0. The number of thioether (sulfide) groups is 1. The average Bonchev–Trinajstić information content (AvgIpc) is 3.32. The van der Waals surface area contributed by atoms with E-state index in [1.807, 2.05) is 29.9 Å². The van der Waals surface area contributed by atoms with Gasteiger partial charge >= 0.3 is 0 Å². The monoisotopic (exact) mass is 428 g/mol. The van der Waals surface area contributed by atoms with Gasteiger partial charge in [-0.25, -0.2) is 4.98 Å². The van der Waals surface area contributed by atoms with Gasteiger partial charge in [-0.3, -0.25) is 14.1 Å². The first-order valence-corrected chi connectivity index (χ1v) is 12.6. The van der Waals surface area contributed by atoms with E-state index in [2.05, 4.69) is 27.5 Å². The summed E-state index contributed by atoms with van der Waals surface area (Å²) in [7, 11) is 1.97. The summed E-state index contributed by atoms with van der Waals surface area (Å²) in [4.78, 5) is 24.0. The second-order valence-corrected chi connectivity index (χ2v) is 10.5. The van der Waals surface area contributed by atoms with Crippen LogP contribution >= 0.6 is 23.1 Å². The van der Waals surface area contributed by atoms with Crippen LogP contribution < -0.4 is 0 Å². The molecule has 0 atom stereocenters. The topological polar surface area (TPSA) is 40.9 Å². The van der Waals surface area contributed by atoms with Crippen LogP contribution in [0.4, 0.5) is 0 Å². The largest absolute Gasteiger partial charge is 0.338 e. The molecule has 0 N–H and O–H groups in total. The number of benzene rings is 1. The summed E-state index contributed by atoms with van der Waals surface area (Å²) in [6.45, 7) is 3.31. The molecule has 2 fully saturated rings. The quantitative estimate of drug-likeness (QED) is 0.613. The van der Waals surface area contributed by atoms with E-state index in [0.717, 1.165) is 53.3 Å². The van der Waals surface area contributed by atoms with Gasteiger partial charge in [-0.05, 0) is 30.5 Å². The van der Waals surface area contributed by atoms with Crippen LogP contribution in [-0.4, -0.2) is 62.8 Å². The van der Waals surface area contributed by atoms with Gasteiger partial charge in [0.1, 0.15) is 4.88 Å². The smallest absolute Gasteiger partial charge is 0.265 e. The van der Waals surface area contributed by atoms with Crippen LogP contribution in [0.25, 0.3) is 16.0 Å². The number of carbonyl (C=O) groups is 1. The molecule has 5 rings (SSSR count). The Morgan fingerprint density at radius 3 is 2.79 bits per heavy atom. The SMILES string of the molecule is CN(C(=O)c1cn2c(nc3ccc(CN4CCSCC4)cc32)s1)C1CCCCC1. The number of thiazole rings is 1. The lowest BCUT2D eigenvalue weighted by molar-refractivity contribution is 0.0701. The number of nitrogens with zero attached hydrogens (tertiary/aromatic N) is 4. The summed E-state index contributed by atoms with van der Waals surface area (Å²) in [5.41, 5.74) is 3.44. The molecular weight excluding hydrogens is 400 g/mol. The molecule has 5 nitrogen and oxygen atoms in total. The second kappa shape index (κ2) is 8.28. The highest BCUT2D eigenvalue weighted by atomic mass is 32.2. The van der Waals surface area contributed by atoms with E-state index < -0.39 is 0 Å². The lowest BCUT2D eigenvalue weighted by Gasteiger charge is -2.30. The Morgan fingerprint density at radius 1 is 1.21 bits per heavy atom. The number of carbonyl (C=O) groups excluding carboxylic acids is 1. The van der Waals surface area contributed by atoms with E-state index in [-0.39, 0.29) is 5.91 Å². The Labute approximate surface area is 180 Å². The lowest BCUT2D eigenvalue weighted by Crippen LogP contribution is -2.37. The van der Waals surface area contributed by atoms with Gasteiger partial charge in [-0.1, -0.05) is 36.7 Å². The molecular formula is C22H28N4OS2. The van der Waals surface area contributed by atoms with Crippen molar-refractivity contribution in [1.82, 2.24) is 19.2 Å². The van der Waals surface area contributed by atoms with Crippen LogP contribution in [0.3, 0.4) is 0 Å². The zero-order chi connectivity index (χ0) is 19.8. The normalized spacial score (nSPS) is 19.2. The van der Waals surface area contributed by atoms with Crippen molar-refractivity contribution in [2.24, 2.45) is 0 Å². The van der Waals surface area contributed by atoms with Gasteiger partial charge < -0.3 is 4.90 Å². The molecule has 0 unspecified atom stereocenters. The Kier molecular flexibility index (Phi) is 5.54. The maximum atomic E-state index is 13.1. The van der Waals surface area contributed by atoms with E-state index >= 15 is 0 Å². The molecule has 1 aromatic carbocycles. The van der Waals surface area contributed by atoms with E-state index in [0.29, 0.717) is 6.04 Å². The molecule has 1 aliphatic heterocycles. The van der Waals surface area contributed by atoms with Crippen molar-refractivity contribution >= 4 is 45.0 Å². The number of fused-ring (bicyclic) bond motifs is 3. The fourth-order valence-electron chi connectivity index (χ4n) is 4.58. The van der Waals surface area contributed by atoms with Gasteiger partial charge in [0.2, 0.25) is 0 Å². The third-order valence-electron chi connectivity index (χ3n) is 6.33. The summed E-state index contributed by atoms with van der Waals surface area (Å²) < 4.78 is 2.11. The van der Waals surface area contributed by atoms with Gasteiger partial charge in [-0.2, -0.15) is 11.8 Å². The van der Waals surface area contributed by atoms with Crippen LogP contribution in [0.2, 0.25) is 0 Å². The number of rotatable bonds is 4. The highest BCUT2D eigenvalue weighted by Gasteiger charge is 2.25. The number of imidazole rings is 1. The molecule has 0 bridgehead atoms. The van der Waals surface area contributed by atoms with Crippen molar-refractivity contribution in [2.75, 3.05) is 31.6 Å². The van der Waals surface area contributed by atoms with Crippen molar-refractivity contribution in [2.45, 2.75) is 44.7 Å². The van der Waals surface area contributed by atoms with E-state index in [1.165, 1.54) is 47.7 Å². The van der Waals surface area contributed by atoms with Crippen LogP contribution in [0.1, 0.15) is 47.3 Å². The molecule has 3 heterocycles. The fourth-order valence-corrected chi connectivity index (χ4v) is 6.54. The van der Waals surface area contributed by atoms with Gasteiger partial charge in [0.05, 0.1) is 11.0 Å². The first-order valence-electron chi connectivity index (χ1n) is 10.7. The van der Waals surface area contributed by atoms with Gasteiger partial charge in [-0.15, -0.1) is 0 Å². The van der Waals surface area contributed by atoms with Crippen LogP contribution in [0, 0.1) is 0 Å². The summed E-state index contributed by atoms with van der Waals surface area (Å²) >= 11 is 3.55. The minimum atomic E-state index is 0.141. The van der Waals surface area contributed by atoms with Crippen molar-refractivity contribution in [1.29, 1.82) is 0 Å². The molecule has 154 valence electrons. The summed E-state index contributed by atoms with van der Waals surface area (Å²) in [5.74, 6) is 2.59. The Hall–Kier alpha value is -1.57. The van der Waals surface area contributed by atoms with Crippen molar-refractivity contribution in [3.63, 3.8) is 0 Å². The Bertz CT molecular complexity index is 1010. The van der Waals surface area contributed by atoms with Gasteiger partial charge in [0, 0.05) is 50.4 Å². The zero-order valence-electron chi connectivity index (χ0n) is 17.0. The van der Waals surface area contributed by atoms with Crippen molar-refractivity contribution < 1.29 is 4.79 Å². The molecule has 1 amide bonds. The number of amides is 1. The first kappa shape index (κ1) is 19.4. The van der Waals surface area contributed by atoms with Crippen molar-refractivity contribution in [3.8, 4) is 0 Å². The minimum absolute atomic E-state index is 0.141. The Morgan fingerprint density at radius 2 is 2.00 bits per heavy atom. The maximum Gasteiger partial charge on any atom is 0.265 e. The third kappa shape index (κ3) is 3.92. The minimum Gasteiger partial charge on any atom is -0.338 e. The molecule has 1 saturated heterocycles. The lowest BCUT2D eigenvalue weighted by atomic mass is 9.94. The van der Waals surface area contributed by atoms with Crippen molar-refractivity contribution in [3.05, 3.63) is 34.8 Å². The third-order valence-corrected chi connectivity index (χ3v) is 8.25. The number of hydrogen-bond acceptors (Lipinski definition) is 5. The predicted octanol–water partition coefficient (Wildman–Crippen LogP) is 4.50. The molecule has 29 heavy (non-hydrogen) atoms. The van der Waals surface area contributed by atoms with E-state index in [9.17, 15) is 4.79 Å². The van der Waals surface area contributed by atoms with Crippen LogP contribution in [-0.2, 0) is 6.54 Å². The summed E-state index contributed by atoms with van der Waals surface area (Å²) in [6, 6.07) is 6.96. The number of aromatic nitrogens is 2. The van der Waals surface area contributed by atoms with Gasteiger partial charge in [0.25, 0.3) is 5.91 Å². The molecule has 0 spiro atoms. The maximum absolute atomic E-state index is 13.1. The predicted molar refractivity (Wildman–Crippen MR) is 122 cm³/mol. The van der Waals surface area contributed by atoms with Crippen LogP contribution in [0.5, 0.6) is 0 Å². The number of hydrogen-bond donors (Lipinski definition) is 0. The molecule has 0 radical (unpaired) electrons. The van der Waals surface area contributed by atoms with Crippen LogP contribution in [0.15, 0.2) is 24.4 Å². The zero-order valence-corrected chi connectivity index (χ0v) is 18.6. The van der Waals surface area contributed by atoms with E-state index in [1.54, 1.807) is 0 Å². The molecule has 2 aromatic heterocycles. The first-order chi connectivity index (χ1) is 14.2. The molecule has 3 aromatic rings. The molecule has 2 aliphatic rings. The standard InChI is InChI=1S/C22H28N4OS2/c1-24(17-5-3-2-4-6-17)21(27)20-15-26-19-13-16(14-25-9-11-28-12-10-25)7-8-18(19)23-22(26)29-20/h7-8,13,15,17H,2-6,9-12,14H2,1H3. The highest BCUT2D eigenvalue weighted by Crippen LogP contribution is 2.28. The van der Waals surface area contributed by atoms with E-state index in [4.69, 9.17) is 4.98 Å². The Balaban J connectivity index is 1.40. The molecule has 7 heteroatoms. The second-order valence-electron chi connectivity index (χ2n) is 8.28. The molecule has 1 saturated carbocycles. The fraction of sp³-hybridized carbons (Fsp3) is 0.545.